The van der Waals surface area contributed by atoms with Crippen molar-refractivity contribution in [3.05, 3.63) is 0 Å². The largest absolute Gasteiger partial charge is 0.353 e. The van der Waals surface area contributed by atoms with Gasteiger partial charge in [-0.2, -0.15) is 0 Å². The molecule has 34 nitrogen and oxygen atoms in total. The Morgan fingerprint density at radius 1 is 0.293 bits per heavy atom. The molecule has 0 aromatic carbocycles. The standard InChI is InChI=1S/C48H77N17O17/c1-28(66)11-33(67)34(68)13-35(69)36(70)14-37(71)38(72)15-39(73)40(74)16-41(75)42(76)17-43(77)44(78)18-45(79)50-21-52-54-23-56-58-25-60-62-27-63-61-26-59-57-24-55-53-22-51-46(80)19-47(81)64-31-7-3-29(4-8-31)12-30-5-9-32(10-6-30)65-48(82)20-49-2/h29-32,49,52-63H,3-27H2,1-2H3,(H,50,79)(H,51,80)(H,64,81)(H,65,82). The number of carbonyl (C=O) groups is 17. The molecule has 456 valence electrons. The third-order valence-electron chi connectivity index (χ3n) is 12.3. The highest BCUT2D eigenvalue weighted by molar-refractivity contribution is 6.58. The second-order valence-corrected chi connectivity index (χ2v) is 19.1. The van der Waals surface area contributed by atoms with Crippen LogP contribution in [0.3, 0.4) is 0 Å². The van der Waals surface area contributed by atoms with Gasteiger partial charge in [0.15, 0.2) is 0 Å². The van der Waals surface area contributed by atoms with E-state index in [4.69, 9.17) is 0 Å². The third-order valence-corrected chi connectivity index (χ3v) is 12.3. The molecule has 2 rings (SSSR count). The lowest BCUT2D eigenvalue weighted by Crippen LogP contribution is -2.54. The molecule has 0 radical (unpaired) electrons. The summed E-state index contributed by atoms with van der Waals surface area (Å²) in [7, 11) is 1.76. The van der Waals surface area contributed by atoms with E-state index in [-0.39, 0.29) is 57.0 Å². The number of hydrazine groups is 6. The summed E-state index contributed by atoms with van der Waals surface area (Å²) in [4.78, 5) is 203. The second kappa shape index (κ2) is 41.1. The monoisotopic (exact) mass is 1160 g/mol. The van der Waals surface area contributed by atoms with E-state index >= 15 is 0 Å². The fourth-order valence-electron chi connectivity index (χ4n) is 8.09. The average Bonchev–Trinajstić information content (AvgIpc) is 3.42. The van der Waals surface area contributed by atoms with Crippen LogP contribution in [-0.4, -0.2) is 171 Å². The molecule has 2 saturated carbocycles. The normalized spacial score (nSPS) is 16.6. The number of hydrogen-bond donors (Lipinski definition) is 17. The van der Waals surface area contributed by atoms with Crippen LogP contribution in [0.15, 0.2) is 0 Å². The molecule has 0 bridgehead atoms. The highest BCUT2D eigenvalue weighted by Gasteiger charge is 2.32. The van der Waals surface area contributed by atoms with Crippen LogP contribution in [0.2, 0.25) is 0 Å². The molecule has 2 aliphatic carbocycles. The van der Waals surface area contributed by atoms with Crippen molar-refractivity contribution in [1.29, 1.82) is 0 Å². The Kier molecular flexibility index (Phi) is 35.7. The Balaban J connectivity index is 1.38. The fraction of sp³-hybridized carbons (Fsp3) is 0.646. The first-order chi connectivity index (χ1) is 39.1. The fourth-order valence-corrected chi connectivity index (χ4v) is 8.09. The van der Waals surface area contributed by atoms with E-state index < -0.39 is 132 Å². The van der Waals surface area contributed by atoms with Crippen molar-refractivity contribution < 1.29 is 81.5 Å². The van der Waals surface area contributed by atoms with Gasteiger partial charge in [0.1, 0.15) is 12.2 Å². The van der Waals surface area contributed by atoms with E-state index in [9.17, 15) is 81.5 Å². The topological polar surface area (TPSA) is 495 Å². The van der Waals surface area contributed by atoms with Crippen LogP contribution < -0.4 is 91.7 Å². The number of ketones is 13. The molecular weight excluding hydrogens is 1090 g/mol. The van der Waals surface area contributed by atoms with E-state index in [2.05, 4.69) is 91.7 Å². The van der Waals surface area contributed by atoms with Crippen molar-refractivity contribution in [2.75, 3.05) is 60.3 Å². The molecule has 0 unspecified atom stereocenters. The maximum atomic E-state index is 12.5. The molecule has 34 heteroatoms. The van der Waals surface area contributed by atoms with Gasteiger partial charge in [0.2, 0.25) is 93.0 Å². The zero-order valence-electron chi connectivity index (χ0n) is 45.9. The molecule has 0 aliphatic heterocycles. The zero-order valence-corrected chi connectivity index (χ0v) is 45.9. The van der Waals surface area contributed by atoms with E-state index in [1.165, 1.54) is 6.42 Å². The molecule has 17 N–H and O–H groups in total. The zero-order chi connectivity index (χ0) is 60.8. The summed E-state index contributed by atoms with van der Waals surface area (Å²) < 4.78 is 0. The lowest BCUT2D eigenvalue weighted by molar-refractivity contribution is -0.147. The van der Waals surface area contributed by atoms with Gasteiger partial charge in [-0.05, 0) is 83.6 Å². The number of likely N-dealkylation sites (N-methyl/N-ethyl adjacent to an activating group) is 1. The van der Waals surface area contributed by atoms with Gasteiger partial charge in [0.05, 0.1) is 98.2 Å². The molecule has 0 aromatic rings. The molecular formula is C48H77N17O17. The van der Waals surface area contributed by atoms with E-state index in [1.54, 1.807) is 7.05 Å². The summed E-state index contributed by atoms with van der Waals surface area (Å²) in [6, 6.07) is 0.349. The van der Waals surface area contributed by atoms with Gasteiger partial charge in [0.25, 0.3) is 0 Å². The van der Waals surface area contributed by atoms with Crippen molar-refractivity contribution >= 4 is 98.8 Å². The molecule has 2 aliphatic rings. The summed E-state index contributed by atoms with van der Waals surface area (Å²) in [6.45, 7) is 2.51. The van der Waals surface area contributed by atoms with Crippen molar-refractivity contribution in [3.63, 3.8) is 0 Å². The number of nitrogens with one attached hydrogen (secondary N) is 17. The van der Waals surface area contributed by atoms with Crippen LogP contribution in [0.4, 0.5) is 0 Å². The van der Waals surface area contributed by atoms with Crippen LogP contribution in [0.1, 0.15) is 116 Å². The molecule has 2 fully saturated rings. The number of carbonyl (C=O) groups excluding carboxylic acids is 17. The summed E-state index contributed by atoms with van der Waals surface area (Å²) in [5.74, 6) is -19.3. The Morgan fingerprint density at radius 2 is 0.549 bits per heavy atom. The summed E-state index contributed by atoms with van der Waals surface area (Å²) in [6.07, 6.45) is 0.372. The smallest absolute Gasteiger partial charge is 0.234 e. The minimum absolute atomic E-state index is 0.0473. The van der Waals surface area contributed by atoms with Gasteiger partial charge in [-0.15, -0.1) is 0 Å². The maximum absolute atomic E-state index is 12.5. The minimum atomic E-state index is -1.65. The number of hydrogen-bond acceptors (Lipinski definition) is 30. The summed E-state index contributed by atoms with van der Waals surface area (Å²) in [5.41, 5.74) is 33.7. The van der Waals surface area contributed by atoms with Gasteiger partial charge < -0.3 is 26.6 Å². The van der Waals surface area contributed by atoms with Gasteiger partial charge in [-0.1, -0.05) is 0 Å². The molecule has 0 aromatic heterocycles. The van der Waals surface area contributed by atoms with Crippen LogP contribution in [-0.2, 0) is 81.5 Å². The van der Waals surface area contributed by atoms with Crippen molar-refractivity contribution in [2.45, 2.75) is 128 Å². The highest BCUT2D eigenvalue weighted by atomic mass is 16.2. The predicted octanol–water partition coefficient (Wildman–Crippen LogP) is -8.01. The van der Waals surface area contributed by atoms with Crippen molar-refractivity contribution in [2.24, 2.45) is 11.8 Å². The second-order valence-electron chi connectivity index (χ2n) is 19.1. The van der Waals surface area contributed by atoms with Crippen LogP contribution in [0.5, 0.6) is 0 Å². The molecule has 0 atom stereocenters. The predicted molar refractivity (Wildman–Crippen MR) is 282 cm³/mol. The number of Topliss-reactive ketones (excluding diaryl/α,β-unsaturated/α-hetero) is 13. The maximum Gasteiger partial charge on any atom is 0.234 e. The van der Waals surface area contributed by atoms with Crippen molar-refractivity contribution in [1.82, 2.24) is 91.7 Å². The highest BCUT2D eigenvalue weighted by Crippen LogP contribution is 2.35. The lowest BCUT2D eigenvalue weighted by atomic mass is 9.75. The van der Waals surface area contributed by atoms with Crippen LogP contribution >= 0.6 is 0 Å². The SMILES string of the molecule is CNCC(=O)NC1CCC(CC2CCC(NC(=O)CC(=O)NCNNCNNCNNCNNCNNCNNCNC(=O)CC(=O)C(=O)CC(=O)C(=O)CC(=O)C(=O)CC(=O)C(=O)CC(=O)C(=O)CC(=O)C(=O)CC(C)=O)CC2)CC1. The van der Waals surface area contributed by atoms with Crippen molar-refractivity contribution in [3.8, 4) is 0 Å². The van der Waals surface area contributed by atoms with Crippen LogP contribution in [0, 0.1) is 11.8 Å². The minimum Gasteiger partial charge on any atom is -0.353 e. The quantitative estimate of drug-likeness (QED) is 0.00884. The van der Waals surface area contributed by atoms with E-state index in [1.807, 2.05) is 0 Å². The van der Waals surface area contributed by atoms with Crippen LogP contribution in [0.25, 0.3) is 0 Å². The molecule has 0 heterocycles. The van der Waals surface area contributed by atoms with E-state index in [0.717, 1.165) is 58.3 Å². The summed E-state index contributed by atoms with van der Waals surface area (Å²) >= 11 is 0. The van der Waals surface area contributed by atoms with Gasteiger partial charge in [-0.3, -0.25) is 81.5 Å². The number of amides is 4. The Bertz CT molecular complexity index is 2300. The Labute approximate surface area is 471 Å². The first kappa shape index (κ1) is 71.2. The lowest BCUT2D eigenvalue weighted by Gasteiger charge is -2.34. The Morgan fingerprint density at radius 3 is 0.841 bits per heavy atom. The van der Waals surface area contributed by atoms with E-state index in [0.29, 0.717) is 38.4 Å². The number of rotatable bonds is 48. The first-order valence-corrected chi connectivity index (χ1v) is 26.4. The first-order valence-electron chi connectivity index (χ1n) is 26.4. The summed E-state index contributed by atoms with van der Waals surface area (Å²) in [5, 5.41) is 13.9. The molecule has 4 amide bonds. The third kappa shape index (κ3) is 32.5. The molecule has 0 spiro atoms. The van der Waals surface area contributed by atoms with Gasteiger partial charge >= 0.3 is 0 Å². The van der Waals surface area contributed by atoms with Gasteiger partial charge in [-0.25, -0.2) is 65.1 Å². The molecule has 0 saturated heterocycles. The van der Waals surface area contributed by atoms with Gasteiger partial charge in [0, 0.05) is 12.1 Å². The molecule has 82 heavy (non-hydrogen) atoms. The average molecular weight is 1160 g/mol. The Hall–Kier alpha value is -6.93.